The topological polar surface area (TPSA) is 92.3 Å². The van der Waals surface area contributed by atoms with Crippen LogP contribution in [0.15, 0.2) is 53.0 Å². The third-order valence-electron chi connectivity index (χ3n) is 5.11. The van der Waals surface area contributed by atoms with Gasteiger partial charge < -0.3 is 0 Å². The molecular formula is C21H21ClN4O3S2. The van der Waals surface area contributed by atoms with E-state index in [0.29, 0.717) is 23.9 Å². The lowest BCUT2D eigenvalue weighted by molar-refractivity contribution is 0.102. The maximum Gasteiger partial charge on any atom is 0.257 e. The van der Waals surface area contributed by atoms with Crippen LogP contribution >= 0.6 is 22.9 Å². The summed E-state index contributed by atoms with van der Waals surface area (Å²) in [6, 6.07) is 7.98. The minimum Gasteiger partial charge on any atom is -0.298 e. The predicted octanol–water partition coefficient (Wildman–Crippen LogP) is 4.53. The number of nitrogens with zero attached hydrogens (tertiary/aromatic N) is 3. The number of hydrogen-bond donors (Lipinski definition) is 1. The number of thiazole rings is 1. The van der Waals surface area contributed by atoms with Crippen LogP contribution in [0, 0.1) is 5.92 Å². The van der Waals surface area contributed by atoms with Crippen molar-refractivity contribution in [3.05, 3.63) is 58.7 Å². The number of pyridine rings is 1. The number of amides is 1. The summed E-state index contributed by atoms with van der Waals surface area (Å²) >= 11 is 7.50. The summed E-state index contributed by atoms with van der Waals surface area (Å²) in [5.41, 5.74) is 1.74. The van der Waals surface area contributed by atoms with Gasteiger partial charge in [0, 0.05) is 42.0 Å². The molecule has 0 saturated carbocycles. The van der Waals surface area contributed by atoms with Gasteiger partial charge in [-0.3, -0.25) is 15.1 Å². The molecule has 3 aromatic rings. The van der Waals surface area contributed by atoms with Crippen LogP contribution in [0.3, 0.4) is 0 Å². The van der Waals surface area contributed by atoms with E-state index in [1.807, 2.05) is 24.4 Å². The fourth-order valence-corrected chi connectivity index (χ4v) is 6.31. The third-order valence-corrected chi connectivity index (χ3v) is 8.22. The zero-order valence-corrected chi connectivity index (χ0v) is 19.2. The van der Waals surface area contributed by atoms with E-state index in [2.05, 4.69) is 15.3 Å². The highest BCUT2D eigenvalue weighted by Crippen LogP contribution is 2.30. The molecule has 1 amide bonds. The minimum atomic E-state index is -3.78. The van der Waals surface area contributed by atoms with E-state index in [4.69, 9.17) is 11.6 Å². The number of sulfonamides is 1. The van der Waals surface area contributed by atoms with Crippen molar-refractivity contribution in [2.24, 2.45) is 5.92 Å². The quantitative estimate of drug-likeness (QED) is 0.584. The number of anilines is 1. The summed E-state index contributed by atoms with van der Waals surface area (Å²) in [5, 5.41) is 5.06. The van der Waals surface area contributed by atoms with Gasteiger partial charge in [-0.25, -0.2) is 13.4 Å². The van der Waals surface area contributed by atoms with Gasteiger partial charge in [0.25, 0.3) is 5.91 Å². The Kier molecular flexibility index (Phi) is 6.38. The molecule has 4 rings (SSSR count). The smallest absolute Gasteiger partial charge is 0.257 e. The first kappa shape index (κ1) is 21.9. The Morgan fingerprint density at radius 2 is 2.16 bits per heavy atom. The van der Waals surface area contributed by atoms with Gasteiger partial charge in [-0.2, -0.15) is 4.31 Å². The van der Waals surface area contributed by atoms with Gasteiger partial charge >= 0.3 is 0 Å². The molecule has 0 radical (unpaired) electrons. The molecule has 1 aliphatic rings. The number of rotatable bonds is 5. The van der Waals surface area contributed by atoms with Crippen molar-refractivity contribution >= 4 is 44.0 Å². The van der Waals surface area contributed by atoms with E-state index >= 15 is 0 Å². The molecule has 162 valence electrons. The highest BCUT2D eigenvalue weighted by molar-refractivity contribution is 7.89. The number of benzene rings is 1. The van der Waals surface area contributed by atoms with Crippen LogP contribution in [-0.2, 0) is 10.0 Å². The molecule has 1 unspecified atom stereocenters. The van der Waals surface area contributed by atoms with Crippen LogP contribution in [-0.4, -0.2) is 41.7 Å². The molecule has 7 nitrogen and oxygen atoms in total. The molecule has 0 aliphatic carbocycles. The lowest BCUT2D eigenvalue weighted by atomic mass is 10.0. The maximum atomic E-state index is 13.1. The largest absolute Gasteiger partial charge is 0.298 e. The normalized spacial score (nSPS) is 17.4. The molecule has 1 saturated heterocycles. The second-order valence-corrected chi connectivity index (χ2v) is 10.7. The van der Waals surface area contributed by atoms with Crippen LogP contribution in [0.2, 0.25) is 5.02 Å². The predicted molar refractivity (Wildman–Crippen MR) is 122 cm³/mol. The Balaban J connectivity index is 1.55. The summed E-state index contributed by atoms with van der Waals surface area (Å²) in [6.45, 7) is 2.93. The summed E-state index contributed by atoms with van der Waals surface area (Å²) in [6.07, 6.45) is 5.17. The minimum absolute atomic E-state index is 0.0499. The van der Waals surface area contributed by atoms with Gasteiger partial charge in [0.2, 0.25) is 10.0 Å². The van der Waals surface area contributed by atoms with Crippen molar-refractivity contribution in [1.82, 2.24) is 14.3 Å². The molecule has 1 atom stereocenters. The van der Waals surface area contributed by atoms with E-state index in [1.165, 1.54) is 33.8 Å². The van der Waals surface area contributed by atoms with Crippen molar-refractivity contribution in [1.29, 1.82) is 0 Å². The van der Waals surface area contributed by atoms with Gasteiger partial charge in [0.15, 0.2) is 5.13 Å². The highest BCUT2D eigenvalue weighted by atomic mass is 35.5. The first-order valence-electron chi connectivity index (χ1n) is 9.81. The lowest BCUT2D eigenvalue weighted by Crippen LogP contribution is -2.39. The van der Waals surface area contributed by atoms with Crippen molar-refractivity contribution < 1.29 is 13.2 Å². The second kappa shape index (κ2) is 9.04. The van der Waals surface area contributed by atoms with E-state index < -0.39 is 15.9 Å². The molecule has 0 bridgehead atoms. The maximum absolute atomic E-state index is 13.1. The lowest BCUT2D eigenvalue weighted by Gasteiger charge is -2.30. The van der Waals surface area contributed by atoms with Crippen LogP contribution in [0.5, 0.6) is 0 Å². The second-order valence-electron chi connectivity index (χ2n) is 7.49. The Morgan fingerprint density at radius 1 is 1.32 bits per heavy atom. The SMILES string of the molecule is CC1CCCN(S(=O)(=O)c2cc(C(=O)Nc3nc(-c4cccnc4)cs3)ccc2Cl)C1. The fourth-order valence-electron chi connectivity index (χ4n) is 3.49. The number of nitrogens with one attached hydrogen (secondary N) is 1. The number of halogens is 1. The zero-order valence-electron chi connectivity index (χ0n) is 16.8. The molecule has 31 heavy (non-hydrogen) atoms. The third kappa shape index (κ3) is 4.79. The first-order valence-corrected chi connectivity index (χ1v) is 12.5. The van der Waals surface area contributed by atoms with Crippen molar-refractivity contribution in [3.63, 3.8) is 0 Å². The molecule has 2 aromatic heterocycles. The van der Waals surface area contributed by atoms with Gasteiger partial charge in [-0.1, -0.05) is 18.5 Å². The Labute approximate surface area is 190 Å². The van der Waals surface area contributed by atoms with Gasteiger partial charge in [-0.05, 0) is 49.1 Å². The van der Waals surface area contributed by atoms with Crippen molar-refractivity contribution in [2.45, 2.75) is 24.7 Å². The number of carbonyl (C=O) groups excluding carboxylic acids is 1. The van der Waals surface area contributed by atoms with E-state index in [9.17, 15) is 13.2 Å². The molecule has 1 fully saturated rings. The first-order chi connectivity index (χ1) is 14.8. The molecule has 10 heteroatoms. The Morgan fingerprint density at radius 3 is 2.90 bits per heavy atom. The average molecular weight is 477 g/mol. The zero-order chi connectivity index (χ0) is 22.0. The van der Waals surface area contributed by atoms with Crippen LogP contribution < -0.4 is 5.32 Å². The van der Waals surface area contributed by atoms with E-state index in [-0.39, 0.29) is 21.4 Å². The molecular weight excluding hydrogens is 456 g/mol. The molecule has 1 N–H and O–H groups in total. The standard InChI is InChI=1S/C21H21ClN4O3S2/c1-14-4-3-9-26(12-14)31(28,29)19-10-15(6-7-17(19)22)20(27)25-21-24-18(13-30-21)16-5-2-8-23-11-16/h2,5-8,10-11,13-14H,3-4,9,12H2,1H3,(H,24,25,27). The monoisotopic (exact) mass is 476 g/mol. The van der Waals surface area contributed by atoms with E-state index in [1.54, 1.807) is 12.4 Å². The van der Waals surface area contributed by atoms with Crippen LogP contribution in [0.25, 0.3) is 11.3 Å². The molecule has 1 aliphatic heterocycles. The average Bonchev–Trinajstić information content (AvgIpc) is 3.23. The fraction of sp³-hybridized carbons (Fsp3) is 0.286. The van der Waals surface area contributed by atoms with E-state index in [0.717, 1.165) is 18.4 Å². The summed E-state index contributed by atoms with van der Waals surface area (Å²) in [4.78, 5) is 21.2. The highest BCUT2D eigenvalue weighted by Gasteiger charge is 2.31. The summed E-state index contributed by atoms with van der Waals surface area (Å²) in [5.74, 6) is -0.167. The Bertz CT molecular complexity index is 1200. The van der Waals surface area contributed by atoms with Crippen molar-refractivity contribution in [2.75, 3.05) is 18.4 Å². The molecule has 3 heterocycles. The Hall–Kier alpha value is -2.33. The summed E-state index contributed by atoms with van der Waals surface area (Å²) < 4.78 is 27.7. The van der Waals surface area contributed by atoms with Gasteiger partial charge in [0.05, 0.1) is 10.7 Å². The van der Waals surface area contributed by atoms with Gasteiger partial charge in [0.1, 0.15) is 4.90 Å². The number of piperidine rings is 1. The number of hydrogen-bond acceptors (Lipinski definition) is 6. The number of aromatic nitrogens is 2. The summed E-state index contributed by atoms with van der Waals surface area (Å²) in [7, 11) is -3.78. The van der Waals surface area contributed by atoms with Crippen molar-refractivity contribution in [3.8, 4) is 11.3 Å². The molecule has 0 spiro atoms. The molecule has 1 aromatic carbocycles. The van der Waals surface area contributed by atoms with Gasteiger partial charge in [-0.15, -0.1) is 11.3 Å². The van der Waals surface area contributed by atoms with Crippen LogP contribution in [0.1, 0.15) is 30.1 Å². The number of carbonyl (C=O) groups is 1. The van der Waals surface area contributed by atoms with Crippen LogP contribution in [0.4, 0.5) is 5.13 Å².